The van der Waals surface area contributed by atoms with Gasteiger partial charge in [-0.3, -0.25) is 4.79 Å². The Balaban J connectivity index is 0.00000225. The van der Waals surface area contributed by atoms with Crippen LogP contribution < -0.4 is 5.73 Å². The van der Waals surface area contributed by atoms with Gasteiger partial charge in [-0.2, -0.15) is 0 Å². The fraction of sp³-hybridized carbons (Fsp3) is 0.381. The number of hydrogen-bond donors (Lipinski definition) is 1. The van der Waals surface area contributed by atoms with Gasteiger partial charge in [0, 0.05) is 19.0 Å². The minimum Gasteiger partial charge on any atom is -0.341 e. The molecule has 4 heteroatoms. The summed E-state index contributed by atoms with van der Waals surface area (Å²) in [7, 11) is 0. The largest absolute Gasteiger partial charge is 0.341 e. The second-order valence-corrected chi connectivity index (χ2v) is 7.21. The van der Waals surface area contributed by atoms with E-state index in [9.17, 15) is 4.79 Å². The Morgan fingerprint density at radius 2 is 1.60 bits per heavy atom. The van der Waals surface area contributed by atoms with E-state index >= 15 is 0 Å². The van der Waals surface area contributed by atoms with Gasteiger partial charge in [0.05, 0.1) is 5.41 Å². The van der Waals surface area contributed by atoms with Gasteiger partial charge >= 0.3 is 0 Å². The van der Waals surface area contributed by atoms with Crippen molar-refractivity contribution in [2.45, 2.75) is 25.2 Å². The van der Waals surface area contributed by atoms with Gasteiger partial charge < -0.3 is 10.6 Å². The number of nitrogens with zero attached hydrogens (tertiary/aromatic N) is 1. The van der Waals surface area contributed by atoms with Crippen molar-refractivity contribution < 1.29 is 4.79 Å². The number of nitrogens with two attached hydrogens (primary N) is 1. The van der Waals surface area contributed by atoms with Crippen molar-refractivity contribution in [3.63, 3.8) is 0 Å². The topological polar surface area (TPSA) is 46.3 Å². The molecule has 0 spiro atoms. The van der Waals surface area contributed by atoms with E-state index < -0.39 is 5.41 Å². The zero-order valence-corrected chi connectivity index (χ0v) is 15.7. The third-order valence-electron chi connectivity index (χ3n) is 5.29. The van der Waals surface area contributed by atoms with Crippen LogP contribution in [-0.4, -0.2) is 30.4 Å². The first-order valence-electron chi connectivity index (χ1n) is 8.64. The zero-order valence-electron chi connectivity index (χ0n) is 14.9. The summed E-state index contributed by atoms with van der Waals surface area (Å²) < 4.78 is 0. The molecule has 0 saturated carbocycles. The first-order valence-corrected chi connectivity index (χ1v) is 8.64. The van der Waals surface area contributed by atoms with E-state index in [1.807, 2.05) is 55.1 Å². The summed E-state index contributed by atoms with van der Waals surface area (Å²) in [5, 5.41) is 0. The van der Waals surface area contributed by atoms with Crippen LogP contribution in [0.4, 0.5) is 0 Å². The Labute approximate surface area is 156 Å². The Hall–Kier alpha value is -1.84. The molecule has 0 aromatic heterocycles. The molecule has 1 heterocycles. The van der Waals surface area contributed by atoms with Crippen LogP contribution >= 0.6 is 12.4 Å². The molecule has 1 aliphatic rings. The van der Waals surface area contributed by atoms with E-state index in [1.165, 1.54) is 5.56 Å². The van der Waals surface area contributed by atoms with Crippen LogP contribution in [0.5, 0.6) is 0 Å². The maximum absolute atomic E-state index is 13.2. The molecule has 2 atom stereocenters. The molecular formula is C21H27ClN2O. The Morgan fingerprint density at radius 1 is 1.04 bits per heavy atom. The lowest BCUT2D eigenvalue weighted by atomic mass is 9.83. The van der Waals surface area contributed by atoms with Crippen LogP contribution in [0.2, 0.25) is 0 Å². The van der Waals surface area contributed by atoms with Gasteiger partial charge in [-0.25, -0.2) is 0 Å². The molecule has 2 N–H and O–H groups in total. The van der Waals surface area contributed by atoms with Gasteiger partial charge in [-0.05, 0) is 37.4 Å². The van der Waals surface area contributed by atoms with Crippen LogP contribution in [0.1, 0.15) is 30.9 Å². The number of carbonyl (C=O) groups excluding carboxylic acids is 1. The molecule has 0 aliphatic carbocycles. The fourth-order valence-corrected chi connectivity index (χ4v) is 3.73. The average Bonchev–Trinajstić information content (AvgIpc) is 3.06. The van der Waals surface area contributed by atoms with Crippen molar-refractivity contribution in [1.29, 1.82) is 0 Å². The van der Waals surface area contributed by atoms with Gasteiger partial charge in [-0.15, -0.1) is 12.4 Å². The maximum Gasteiger partial charge on any atom is 0.232 e. The summed E-state index contributed by atoms with van der Waals surface area (Å²) in [5.41, 5.74) is 7.82. The Bertz CT molecular complexity index is 688. The quantitative estimate of drug-likeness (QED) is 0.907. The molecular weight excluding hydrogens is 332 g/mol. The molecule has 2 aromatic rings. The average molecular weight is 359 g/mol. The monoisotopic (exact) mass is 358 g/mol. The van der Waals surface area contributed by atoms with Crippen molar-refractivity contribution in [2.24, 2.45) is 11.7 Å². The third kappa shape index (κ3) is 3.88. The molecule has 1 aliphatic heterocycles. The molecule has 134 valence electrons. The van der Waals surface area contributed by atoms with Crippen LogP contribution in [-0.2, 0) is 10.2 Å². The predicted octanol–water partition coefficient (Wildman–Crippen LogP) is 3.59. The second-order valence-electron chi connectivity index (χ2n) is 7.21. The van der Waals surface area contributed by atoms with E-state index in [-0.39, 0.29) is 18.3 Å². The van der Waals surface area contributed by atoms with Crippen molar-refractivity contribution in [3.05, 3.63) is 71.8 Å². The number of benzene rings is 2. The summed E-state index contributed by atoms with van der Waals surface area (Å²) in [5.74, 6) is 0.834. The van der Waals surface area contributed by atoms with Crippen molar-refractivity contribution >= 4 is 18.3 Å². The van der Waals surface area contributed by atoms with E-state index in [1.54, 1.807) is 0 Å². The highest BCUT2D eigenvalue weighted by molar-refractivity contribution is 5.87. The normalized spacial score (nSPS) is 20.2. The van der Waals surface area contributed by atoms with E-state index in [0.29, 0.717) is 18.4 Å². The van der Waals surface area contributed by atoms with Gasteiger partial charge in [0.2, 0.25) is 5.91 Å². The van der Waals surface area contributed by atoms with Gasteiger partial charge in [0.15, 0.2) is 0 Å². The number of likely N-dealkylation sites (tertiary alicyclic amines) is 1. The SMILES string of the molecule is CC(C)(C(=O)N1C[C@@H](CN)[C@H](c2ccccc2)C1)c1ccccc1.Cl. The number of amides is 1. The lowest BCUT2D eigenvalue weighted by Crippen LogP contribution is -2.42. The summed E-state index contributed by atoms with van der Waals surface area (Å²) >= 11 is 0. The van der Waals surface area contributed by atoms with Crippen molar-refractivity contribution in [2.75, 3.05) is 19.6 Å². The minimum atomic E-state index is -0.522. The summed E-state index contributed by atoms with van der Waals surface area (Å²) in [6, 6.07) is 20.4. The Morgan fingerprint density at radius 3 is 2.16 bits per heavy atom. The lowest BCUT2D eigenvalue weighted by Gasteiger charge is -2.30. The van der Waals surface area contributed by atoms with Crippen molar-refractivity contribution in [1.82, 2.24) is 4.90 Å². The first kappa shape index (κ1) is 19.5. The van der Waals surface area contributed by atoms with Crippen molar-refractivity contribution in [3.8, 4) is 0 Å². The van der Waals surface area contributed by atoms with Crippen LogP contribution in [0.15, 0.2) is 60.7 Å². The summed E-state index contributed by atoms with van der Waals surface area (Å²) in [4.78, 5) is 15.2. The van der Waals surface area contributed by atoms with Crippen LogP contribution in [0.3, 0.4) is 0 Å². The Kier molecular flexibility index (Phi) is 6.26. The first-order chi connectivity index (χ1) is 11.5. The van der Waals surface area contributed by atoms with E-state index in [4.69, 9.17) is 5.73 Å². The molecule has 1 fully saturated rings. The van der Waals surface area contributed by atoms with Gasteiger partial charge in [0.25, 0.3) is 0 Å². The van der Waals surface area contributed by atoms with E-state index in [2.05, 4.69) is 24.3 Å². The van der Waals surface area contributed by atoms with Gasteiger partial charge in [-0.1, -0.05) is 60.7 Å². The molecule has 2 aromatic carbocycles. The van der Waals surface area contributed by atoms with Crippen LogP contribution in [0, 0.1) is 5.92 Å². The highest BCUT2D eigenvalue weighted by Crippen LogP contribution is 2.35. The maximum atomic E-state index is 13.2. The predicted molar refractivity (Wildman–Crippen MR) is 105 cm³/mol. The number of hydrogen-bond acceptors (Lipinski definition) is 2. The molecule has 0 bridgehead atoms. The molecule has 0 radical (unpaired) electrons. The second kappa shape index (κ2) is 8.03. The number of rotatable bonds is 4. The third-order valence-corrected chi connectivity index (χ3v) is 5.29. The van der Waals surface area contributed by atoms with Crippen LogP contribution in [0.25, 0.3) is 0 Å². The summed E-state index contributed by atoms with van der Waals surface area (Å²) in [6.07, 6.45) is 0. The molecule has 1 saturated heterocycles. The smallest absolute Gasteiger partial charge is 0.232 e. The standard InChI is InChI=1S/C21H26N2O.ClH/c1-21(2,18-11-7-4-8-12-18)20(24)23-14-17(13-22)19(15-23)16-9-5-3-6-10-16;/h3-12,17,19H,13-15,22H2,1-2H3;1H/t17-,19+;/m1./s1. The zero-order chi connectivity index (χ0) is 17.2. The minimum absolute atomic E-state index is 0. The highest BCUT2D eigenvalue weighted by Gasteiger charge is 2.41. The summed E-state index contributed by atoms with van der Waals surface area (Å²) in [6.45, 7) is 6.12. The fourth-order valence-electron chi connectivity index (χ4n) is 3.73. The molecule has 0 unspecified atom stereocenters. The number of carbonyl (C=O) groups is 1. The molecule has 3 nitrogen and oxygen atoms in total. The molecule has 1 amide bonds. The lowest BCUT2D eigenvalue weighted by molar-refractivity contribution is -0.135. The van der Waals surface area contributed by atoms with E-state index in [0.717, 1.165) is 18.7 Å². The molecule has 25 heavy (non-hydrogen) atoms. The van der Waals surface area contributed by atoms with Gasteiger partial charge in [0.1, 0.15) is 0 Å². The number of halogens is 1. The highest BCUT2D eigenvalue weighted by atomic mass is 35.5. The molecule has 3 rings (SSSR count).